The fraction of sp³-hybridized carbons (Fsp3) is 0.0654. The molecule has 1 aliphatic rings. The van der Waals surface area contributed by atoms with Crippen molar-refractivity contribution in [2.24, 2.45) is 0 Å². The SMILES string of the molecule is CC1(C)OB(c2c3ccccc3c(-c3ccc(-c4ccccc4)c4ccccc34)c3ccccc23)OC1(C)C.Cc1ccc2ccc(-c3ccc4ccccc4c3)cc2c1.c1ccc(-c2ccc(-c3c4ccccc4c(-c4ccc5ccc(-c6ccc7ccccc7c6)cc5c4)c4ccccc34)c3ccccc23)cc1. The van der Waals surface area contributed by atoms with Crippen molar-refractivity contribution in [3.05, 3.63) is 394 Å². The van der Waals surface area contributed by atoms with Crippen molar-refractivity contribution in [3.63, 3.8) is 0 Å². The van der Waals surface area contributed by atoms with Crippen LogP contribution in [-0.2, 0) is 9.31 Å². The fourth-order valence-electron chi connectivity index (χ4n) is 17.0. The quantitative estimate of drug-likeness (QED) is 0.112. The van der Waals surface area contributed by atoms with Crippen molar-refractivity contribution < 1.29 is 9.31 Å². The van der Waals surface area contributed by atoms with Crippen LogP contribution in [0.2, 0.25) is 0 Å². The molecule has 1 heterocycles. The Morgan fingerprint density at radius 3 is 0.855 bits per heavy atom. The van der Waals surface area contributed by atoms with Crippen LogP contribution in [0.1, 0.15) is 33.3 Å². The van der Waals surface area contributed by atoms with E-state index in [1.807, 2.05) is 0 Å². The second-order valence-corrected chi connectivity index (χ2v) is 30.4. The molecule has 20 aromatic rings. The normalized spacial score (nSPS) is 13.2. The second-order valence-electron chi connectivity index (χ2n) is 30.4. The van der Waals surface area contributed by atoms with Crippen molar-refractivity contribution in [2.75, 3.05) is 0 Å². The Morgan fingerprint density at radius 2 is 0.455 bits per heavy atom. The van der Waals surface area contributed by atoms with E-state index in [0.29, 0.717) is 0 Å². The zero-order chi connectivity index (χ0) is 74.0. The molecule has 522 valence electrons. The molecule has 2 nitrogen and oxygen atoms in total. The summed E-state index contributed by atoms with van der Waals surface area (Å²) in [7, 11) is -0.448. The highest BCUT2D eigenvalue weighted by molar-refractivity contribution is 6.69. The molecule has 0 atom stereocenters. The summed E-state index contributed by atoms with van der Waals surface area (Å²) in [6.07, 6.45) is 0. The van der Waals surface area contributed by atoms with Gasteiger partial charge in [-0.15, -0.1) is 0 Å². The number of aryl methyl sites for hydroxylation is 1. The first-order valence-corrected chi connectivity index (χ1v) is 38.4. The molecule has 0 radical (unpaired) electrons. The van der Waals surface area contributed by atoms with Gasteiger partial charge in [0.15, 0.2) is 0 Å². The Kier molecular flexibility index (Phi) is 17.2. The van der Waals surface area contributed by atoms with Gasteiger partial charge in [0.25, 0.3) is 0 Å². The van der Waals surface area contributed by atoms with E-state index in [0.717, 1.165) is 5.46 Å². The van der Waals surface area contributed by atoms with Gasteiger partial charge in [-0.05, 0) is 256 Å². The smallest absolute Gasteiger partial charge is 0.399 e. The lowest BCUT2D eigenvalue weighted by molar-refractivity contribution is 0.00578. The molecule has 1 saturated heterocycles. The molecule has 0 aromatic heterocycles. The van der Waals surface area contributed by atoms with Crippen molar-refractivity contribution in [1.29, 1.82) is 0 Å². The Bertz CT molecular complexity index is 6860. The summed E-state index contributed by atoms with van der Waals surface area (Å²) in [6, 6.07) is 141. The Labute approximate surface area is 642 Å². The van der Waals surface area contributed by atoms with E-state index in [1.165, 1.54) is 191 Å². The van der Waals surface area contributed by atoms with Gasteiger partial charge in [-0.2, -0.15) is 0 Å². The summed E-state index contributed by atoms with van der Waals surface area (Å²) in [6.45, 7) is 10.6. The second kappa shape index (κ2) is 28.0. The summed E-state index contributed by atoms with van der Waals surface area (Å²) in [5.41, 5.74) is 19.1. The van der Waals surface area contributed by atoms with Gasteiger partial charge < -0.3 is 9.31 Å². The largest absolute Gasteiger partial charge is 0.496 e. The highest BCUT2D eigenvalue weighted by atomic mass is 16.7. The predicted molar refractivity (Wildman–Crippen MR) is 473 cm³/mol. The summed E-state index contributed by atoms with van der Waals surface area (Å²) in [5.74, 6) is 0. The predicted octanol–water partition coefficient (Wildman–Crippen LogP) is 28.9. The number of hydrogen-bond donors (Lipinski definition) is 0. The standard InChI is InChI=1S/C50H32.C36H31BO2.C21H16/c1-2-13-35(14-3-1)41-28-29-48(43-17-7-6-16-42(41)43)50-46-20-10-8-18-44(46)49(45-19-9-11-21-47(45)50)39-27-24-34-23-26-38(31-40(34)32-39)37-25-22-33-12-4-5-15-36(33)30-37;1-35(2)36(3,4)39-37(38-35)34-31-20-12-10-18-28(31)33(29-19-11-13-21-32(29)34)30-23-22-25(24-14-6-5-7-15-24)26-16-8-9-17-27(26)30;1-15-6-7-17-9-11-20(14-21(17)12-15)19-10-8-16-4-2-3-5-18(16)13-19/h1-32H;5-23H,1-4H3;2-14H,1H3. The molecule has 0 unspecified atom stereocenters. The van der Waals surface area contributed by atoms with Gasteiger partial charge in [0.2, 0.25) is 0 Å². The first-order valence-electron chi connectivity index (χ1n) is 38.4. The lowest BCUT2D eigenvalue weighted by atomic mass is 9.71. The van der Waals surface area contributed by atoms with Gasteiger partial charge in [0.1, 0.15) is 0 Å². The minimum atomic E-state index is -0.448. The van der Waals surface area contributed by atoms with Crippen LogP contribution in [0.4, 0.5) is 0 Å². The van der Waals surface area contributed by atoms with Crippen LogP contribution >= 0.6 is 0 Å². The molecule has 0 bridgehead atoms. The molecule has 0 amide bonds. The first-order chi connectivity index (χ1) is 53.9. The Balaban J connectivity index is 0.000000121. The molecular formula is C107H79BO2. The van der Waals surface area contributed by atoms with Crippen LogP contribution in [0.5, 0.6) is 0 Å². The van der Waals surface area contributed by atoms with Gasteiger partial charge in [-0.1, -0.05) is 363 Å². The maximum atomic E-state index is 6.62. The maximum absolute atomic E-state index is 6.62. The van der Waals surface area contributed by atoms with E-state index < -0.39 is 18.3 Å². The summed E-state index contributed by atoms with van der Waals surface area (Å²) < 4.78 is 13.2. The summed E-state index contributed by atoms with van der Waals surface area (Å²) in [4.78, 5) is 0. The van der Waals surface area contributed by atoms with Crippen LogP contribution in [0.25, 0.3) is 186 Å². The van der Waals surface area contributed by atoms with Gasteiger partial charge in [-0.3, -0.25) is 0 Å². The Morgan fingerprint density at radius 1 is 0.191 bits per heavy atom. The van der Waals surface area contributed by atoms with Gasteiger partial charge >= 0.3 is 7.12 Å². The third-order valence-electron chi connectivity index (χ3n) is 23.2. The molecule has 1 aliphatic heterocycles. The van der Waals surface area contributed by atoms with E-state index in [-0.39, 0.29) is 0 Å². The average Bonchev–Trinajstić information content (AvgIpc) is 1.18. The minimum absolute atomic E-state index is 0.415. The fourth-order valence-corrected chi connectivity index (χ4v) is 17.0. The van der Waals surface area contributed by atoms with E-state index in [1.54, 1.807) is 0 Å². The molecule has 0 N–H and O–H groups in total. The molecule has 0 saturated carbocycles. The van der Waals surface area contributed by atoms with E-state index in [9.17, 15) is 0 Å². The van der Waals surface area contributed by atoms with Crippen molar-refractivity contribution in [2.45, 2.75) is 45.8 Å². The number of rotatable bonds is 8. The topological polar surface area (TPSA) is 18.5 Å². The number of fused-ring (bicyclic) bond motifs is 10. The van der Waals surface area contributed by atoms with E-state index in [4.69, 9.17) is 9.31 Å². The lowest BCUT2D eigenvalue weighted by Gasteiger charge is -2.32. The minimum Gasteiger partial charge on any atom is -0.399 e. The van der Waals surface area contributed by atoms with Crippen molar-refractivity contribution in [1.82, 2.24) is 0 Å². The molecule has 21 rings (SSSR count). The molecule has 110 heavy (non-hydrogen) atoms. The van der Waals surface area contributed by atoms with Crippen LogP contribution in [0, 0.1) is 6.92 Å². The van der Waals surface area contributed by atoms with Crippen LogP contribution in [0.3, 0.4) is 0 Å². The maximum Gasteiger partial charge on any atom is 0.496 e. The molecule has 0 aliphatic carbocycles. The average molecular weight is 1410 g/mol. The Hall–Kier alpha value is -13.0. The zero-order valence-corrected chi connectivity index (χ0v) is 62.3. The van der Waals surface area contributed by atoms with Gasteiger partial charge in [-0.25, -0.2) is 0 Å². The lowest BCUT2D eigenvalue weighted by Crippen LogP contribution is -2.41. The van der Waals surface area contributed by atoms with Crippen LogP contribution in [-0.4, -0.2) is 18.3 Å². The van der Waals surface area contributed by atoms with Crippen molar-refractivity contribution in [3.8, 4) is 77.9 Å². The third kappa shape index (κ3) is 12.2. The number of benzene rings is 20. The highest BCUT2D eigenvalue weighted by Gasteiger charge is 2.52. The third-order valence-corrected chi connectivity index (χ3v) is 23.2. The van der Waals surface area contributed by atoms with E-state index in [2.05, 4.69) is 423 Å². The van der Waals surface area contributed by atoms with E-state index >= 15 is 0 Å². The summed E-state index contributed by atoms with van der Waals surface area (Å²) >= 11 is 0. The number of hydrogen-bond acceptors (Lipinski definition) is 2. The van der Waals surface area contributed by atoms with Crippen LogP contribution < -0.4 is 5.46 Å². The highest BCUT2D eigenvalue weighted by Crippen LogP contribution is 2.49. The van der Waals surface area contributed by atoms with Crippen LogP contribution in [0.15, 0.2) is 388 Å². The molecule has 1 fully saturated rings. The first kappa shape index (κ1) is 67.6. The molecule has 3 heteroatoms. The molecule has 0 spiro atoms. The summed E-state index contributed by atoms with van der Waals surface area (Å²) in [5, 5.41) is 25.1. The monoisotopic (exact) mass is 1410 g/mol. The van der Waals surface area contributed by atoms with Gasteiger partial charge in [0, 0.05) is 0 Å². The zero-order valence-electron chi connectivity index (χ0n) is 62.3. The molecule has 20 aromatic carbocycles. The van der Waals surface area contributed by atoms with Crippen molar-refractivity contribution >= 4 is 120 Å². The molecular weight excluding hydrogens is 1330 g/mol. The van der Waals surface area contributed by atoms with Gasteiger partial charge in [0.05, 0.1) is 11.2 Å².